The lowest BCUT2D eigenvalue weighted by Crippen LogP contribution is -2.40. The van der Waals surface area contributed by atoms with Crippen LogP contribution in [0.25, 0.3) is 0 Å². The average Bonchev–Trinajstić information content (AvgIpc) is 2.33. The third-order valence-electron chi connectivity index (χ3n) is 4.60. The molecule has 1 aromatic rings. The Balaban J connectivity index is 2.08. The van der Waals surface area contributed by atoms with Gasteiger partial charge in [0.05, 0.1) is 5.02 Å². The number of hydrogen-bond acceptors (Lipinski definition) is 2. The summed E-state index contributed by atoms with van der Waals surface area (Å²) in [5.41, 5.74) is 7.89. The molecule has 1 aromatic heterocycles. The van der Waals surface area contributed by atoms with Crippen molar-refractivity contribution in [3.63, 3.8) is 0 Å². The minimum atomic E-state index is 0.308. The number of aromatic nitrogens is 1. The van der Waals surface area contributed by atoms with Gasteiger partial charge < -0.3 is 5.73 Å². The van der Waals surface area contributed by atoms with E-state index in [2.05, 4.69) is 25.8 Å². The van der Waals surface area contributed by atoms with Crippen molar-refractivity contribution in [2.75, 3.05) is 0 Å². The molecular formula is C16H25ClN2. The summed E-state index contributed by atoms with van der Waals surface area (Å²) in [4.78, 5) is 4.05. The highest BCUT2D eigenvalue weighted by Gasteiger charge is 2.34. The molecule has 3 unspecified atom stereocenters. The second kappa shape index (κ2) is 5.80. The Labute approximate surface area is 121 Å². The summed E-state index contributed by atoms with van der Waals surface area (Å²) >= 11 is 6.21. The first-order valence-electron chi connectivity index (χ1n) is 7.22. The first kappa shape index (κ1) is 14.8. The first-order chi connectivity index (χ1) is 8.88. The van der Waals surface area contributed by atoms with Crippen LogP contribution in [0.15, 0.2) is 18.5 Å². The summed E-state index contributed by atoms with van der Waals surface area (Å²) < 4.78 is 0. The first-order valence-corrected chi connectivity index (χ1v) is 7.59. The number of halogens is 1. The fraction of sp³-hybridized carbons (Fsp3) is 0.688. The van der Waals surface area contributed by atoms with Crippen molar-refractivity contribution < 1.29 is 0 Å². The highest BCUT2D eigenvalue weighted by atomic mass is 35.5. The smallest absolute Gasteiger partial charge is 0.0621 e. The molecule has 2 N–H and O–H groups in total. The average molecular weight is 281 g/mol. The molecule has 1 aliphatic rings. The number of pyridine rings is 1. The van der Waals surface area contributed by atoms with E-state index in [1.807, 2.05) is 12.3 Å². The number of nitrogens with zero attached hydrogens (tertiary/aromatic N) is 1. The van der Waals surface area contributed by atoms with Crippen molar-refractivity contribution in [3.8, 4) is 0 Å². The zero-order valence-electron chi connectivity index (χ0n) is 12.2. The Morgan fingerprint density at radius 2 is 2.11 bits per heavy atom. The van der Waals surface area contributed by atoms with E-state index in [1.54, 1.807) is 6.20 Å². The Hall–Kier alpha value is -0.600. The van der Waals surface area contributed by atoms with Crippen LogP contribution in [-0.4, -0.2) is 11.0 Å². The Morgan fingerprint density at radius 1 is 1.37 bits per heavy atom. The molecule has 1 heterocycles. The van der Waals surface area contributed by atoms with Gasteiger partial charge in [0.15, 0.2) is 0 Å². The van der Waals surface area contributed by atoms with Gasteiger partial charge in [-0.05, 0) is 54.6 Å². The van der Waals surface area contributed by atoms with Gasteiger partial charge in [-0.3, -0.25) is 4.98 Å². The van der Waals surface area contributed by atoms with Crippen LogP contribution in [-0.2, 0) is 6.42 Å². The van der Waals surface area contributed by atoms with Crippen LogP contribution in [0.4, 0.5) is 0 Å². The zero-order chi connectivity index (χ0) is 14.0. The van der Waals surface area contributed by atoms with Gasteiger partial charge in [0.25, 0.3) is 0 Å². The van der Waals surface area contributed by atoms with Gasteiger partial charge in [0.1, 0.15) is 0 Å². The minimum Gasteiger partial charge on any atom is -0.327 e. The van der Waals surface area contributed by atoms with Gasteiger partial charge in [0, 0.05) is 18.4 Å². The van der Waals surface area contributed by atoms with Gasteiger partial charge in [-0.15, -0.1) is 0 Å². The topological polar surface area (TPSA) is 38.9 Å². The summed E-state index contributed by atoms with van der Waals surface area (Å²) in [6.45, 7) is 7.01. The summed E-state index contributed by atoms with van der Waals surface area (Å²) in [5.74, 6) is 1.30. The predicted octanol–water partition coefficient (Wildman–Crippen LogP) is 4.07. The molecule has 0 aromatic carbocycles. The molecule has 3 atom stereocenters. The molecule has 2 nitrogen and oxygen atoms in total. The quantitative estimate of drug-likeness (QED) is 0.887. The monoisotopic (exact) mass is 280 g/mol. The van der Waals surface area contributed by atoms with Crippen molar-refractivity contribution in [1.29, 1.82) is 0 Å². The lowest BCUT2D eigenvalue weighted by atomic mass is 9.66. The second-order valence-electron chi connectivity index (χ2n) is 6.97. The van der Waals surface area contributed by atoms with Gasteiger partial charge in [0.2, 0.25) is 0 Å². The van der Waals surface area contributed by atoms with Crippen LogP contribution in [0.1, 0.15) is 45.6 Å². The lowest BCUT2D eigenvalue weighted by molar-refractivity contribution is 0.127. The van der Waals surface area contributed by atoms with Crippen LogP contribution in [0.5, 0.6) is 0 Å². The molecule has 0 spiro atoms. The molecule has 1 aliphatic carbocycles. The predicted molar refractivity (Wildman–Crippen MR) is 81.2 cm³/mol. The molecular weight excluding hydrogens is 256 g/mol. The van der Waals surface area contributed by atoms with E-state index in [0.29, 0.717) is 17.4 Å². The molecule has 1 saturated carbocycles. The van der Waals surface area contributed by atoms with Crippen LogP contribution >= 0.6 is 11.6 Å². The van der Waals surface area contributed by atoms with Crippen molar-refractivity contribution in [2.24, 2.45) is 23.0 Å². The summed E-state index contributed by atoms with van der Waals surface area (Å²) in [6, 6.07) is 2.33. The van der Waals surface area contributed by atoms with Crippen LogP contribution in [0.3, 0.4) is 0 Å². The number of hydrogen-bond donors (Lipinski definition) is 1. The standard InChI is InChI=1S/C16H25ClN2/c1-16(2,3)13-4-5-15(18)12(9-13)8-11-6-7-19-10-14(11)17/h6-7,10,12-13,15H,4-5,8-9,18H2,1-3H3. The highest BCUT2D eigenvalue weighted by molar-refractivity contribution is 6.31. The van der Waals surface area contributed by atoms with Gasteiger partial charge in [-0.2, -0.15) is 0 Å². The molecule has 106 valence electrons. The molecule has 19 heavy (non-hydrogen) atoms. The zero-order valence-corrected chi connectivity index (χ0v) is 13.0. The van der Waals surface area contributed by atoms with Crippen molar-refractivity contribution in [3.05, 3.63) is 29.0 Å². The molecule has 1 fully saturated rings. The van der Waals surface area contributed by atoms with Gasteiger partial charge >= 0.3 is 0 Å². The van der Waals surface area contributed by atoms with Crippen molar-refractivity contribution >= 4 is 11.6 Å². The third kappa shape index (κ3) is 3.70. The molecule has 2 rings (SSSR count). The maximum Gasteiger partial charge on any atom is 0.0621 e. The third-order valence-corrected chi connectivity index (χ3v) is 4.94. The molecule has 0 radical (unpaired) electrons. The minimum absolute atomic E-state index is 0.308. The van der Waals surface area contributed by atoms with E-state index in [-0.39, 0.29) is 0 Å². The van der Waals surface area contributed by atoms with Crippen LogP contribution in [0.2, 0.25) is 5.02 Å². The van der Waals surface area contributed by atoms with E-state index in [9.17, 15) is 0 Å². The van der Waals surface area contributed by atoms with Crippen LogP contribution < -0.4 is 5.73 Å². The second-order valence-corrected chi connectivity index (χ2v) is 7.38. The summed E-state index contributed by atoms with van der Waals surface area (Å²) in [5, 5.41) is 0.771. The molecule has 0 bridgehead atoms. The summed E-state index contributed by atoms with van der Waals surface area (Å²) in [7, 11) is 0. The Morgan fingerprint density at radius 3 is 2.74 bits per heavy atom. The lowest BCUT2D eigenvalue weighted by Gasteiger charge is -2.40. The van der Waals surface area contributed by atoms with E-state index >= 15 is 0 Å². The molecule has 3 heteroatoms. The van der Waals surface area contributed by atoms with E-state index < -0.39 is 0 Å². The fourth-order valence-electron chi connectivity index (χ4n) is 3.16. The largest absolute Gasteiger partial charge is 0.327 e. The molecule has 0 saturated heterocycles. The van der Waals surface area contributed by atoms with E-state index in [0.717, 1.165) is 23.8 Å². The maximum absolute atomic E-state index is 6.32. The van der Waals surface area contributed by atoms with E-state index in [1.165, 1.54) is 18.4 Å². The van der Waals surface area contributed by atoms with Gasteiger partial charge in [-0.1, -0.05) is 32.4 Å². The fourth-order valence-corrected chi connectivity index (χ4v) is 3.36. The number of nitrogens with two attached hydrogens (primary N) is 1. The van der Waals surface area contributed by atoms with Crippen molar-refractivity contribution in [1.82, 2.24) is 4.98 Å². The van der Waals surface area contributed by atoms with Gasteiger partial charge in [-0.25, -0.2) is 0 Å². The normalized spacial score (nSPS) is 28.4. The maximum atomic E-state index is 6.32. The Kier molecular flexibility index (Phi) is 4.52. The molecule has 0 amide bonds. The SMILES string of the molecule is CC(C)(C)C1CCC(N)C(Cc2ccncc2Cl)C1. The highest BCUT2D eigenvalue weighted by Crippen LogP contribution is 2.41. The number of rotatable bonds is 2. The molecule has 0 aliphatic heterocycles. The summed E-state index contributed by atoms with van der Waals surface area (Å²) in [6.07, 6.45) is 8.13. The Bertz CT molecular complexity index is 425. The van der Waals surface area contributed by atoms with E-state index in [4.69, 9.17) is 17.3 Å². The van der Waals surface area contributed by atoms with Crippen molar-refractivity contribution in [2.45, 2.75) is 52.5 Å². The van der Waals surface area contributed by atoms with Crippen LogP contribution in [0, 0.1) is 17.3 Å².